The molecule has 0 N–H and O–H groups in total. The third-order valence-corrected chi connectivity index (χ3v) is 3.86. The summed E-state index contributed by atoms with van der Waals surface area (Å²) in [5, 5.41) is 11.1. The van der Waals surface area contributed by atoms with Crippen molar-refractivity contribution in [2.45, 2.75) is 18.9 Å². The first kappa shape index (κ1) is 14.7. The van der Waals surface area contributed by atoms with Crippen LogP contribution in [0.4, 0.5) is 15.8 Å². The number of benzene rings is 1. The Hall–Kier alpha value is -1.70. The minimum absolute atomic E-state index is 0.0155. The van der Waals surface area contributed by atoms with Gasteiger partial charge in [-0.25, -0.2) is 9.18 Å². The molecule has 1 aromatic carbocycles. The second-order valence-corrected chi connectivity index (χ2v) is 5.24. The number of methoxy groups -OCH3 is 1. The molecule has 1 fully saturated rings. The molecule has 1 aromatic rings. The second kappa shape index (κ2) is 5.74. The summed E-state index contributed by atoms with van der Waals surface area (Å²) in [6.07, 6.45) is 1.22. The zero-order valence-corrected chi connectivity index (χ0v) is 12.2. The van der Waals surface area contributed by atoms with E-state index in [2.05, 4.69) is 20.7 Å². The predicted molar refractivity (Wildman–Crippen MR) is 73.1 cm³/mol. The van der Waals surface area contributed by atoms with E-state index < -0.39 is 22.8 Å². The minimum Gasteiger partial charge on any atom is -0.467 e. The van der Waals surface area contributed by atoms with E-state index >= 15 is 0 Å². The highest BCUT2D eigenvalue weighted by Crippen LogP contribution is 2.37. The molecule has 0 radical (unpaired) electrons. The molecule has 1 saturated heterocycles. The van der Waals surface area contributed by atoms with Crippen LogP contribution in [0.3, 0.4) is 0 Å². The van der Waals surface area contributed by atoms with Crippen LogP contribution in [0.25, 0.3) is 0 Å². The van der Waals surface area contributed by atoms with Gasteiger partial charge in [0.15, 0.2) is 0 Å². The molecule has 1 aliphatic heterocycles. The second-order valence-electron chi connectivity index (χ2n) is 4.39. The van der Waals surface area contributed by atoms with Crippen molar-refractivity contribution in [1.29, 1.82) is 0 Å². The van der Waals surface area contributed by atoms with Gasteiger partial charge in [-0.3, -0.25) is 10.1 Å². The molecule has 8 heteroatoms. The molecule has 0 saturated carbocycles. The van der Waals surface area contributed by atoms with Gasteiger partial charge in [0.05, 0.1) is 16.5 Å². The Balaban J connectivity index is 2.48. The van der Waals surface area contributed by atoms with Gasteiger partial charge in [0, 0.05) is 18.7 Å². The SMILES string of the molecule is COC(=O)C1CCCN1c1cc(F)c(Br)cc1[N+](=O)[O-]. The molecular weight excluding hydrogens is 335 g/mol. The van der Waals surface area contributed by atoms with Crippen LogP contribution in [0.5, 0.6) is 0 Å². The Bertz CT molecular complexity index is 567. The fraction of sp³-hybridized carbons (Fsp3) is 0.417. The third-order valence-electron chi connectivity index (χ3n) is 3.25. The lowest BCUT2D eigenvalue weighted by molar-refractivity contribution is -0.384. The highest BCUT2D eigenvalue weighted by Gasteiger charge is 2.35. The maximum atomic E-state index is 13.7. The van der Waals surface area contributed by atoms with Gasteiger partial charge < -0.3 is 9.64 Å². The lowest BCUT2D eigenvalue weighted by Gasteiger charge is -2.24. The van der Waals surface area contributed by atoms with E-state index in [1.165, 1.54) is 12.0 Å². The normalized spacial score (nSPS) is 18.1. The molecule has 108 valence electrons. The van der Waals surface area contributed by atoms with Crippen LogP contribution < -0.4 is 4.90 Å². The summed E-state index contributed by atoms with van der Waals surface area (Å²) < 4.78 is 18.4. The van der Waals surface area contributed by atoms with Crippen LogP contribution in [-0.2, 0) is 9.53 Å². The van der Waals surface area contributed by atoms with Gasteiger partial charge in [-0.15, -0.1) is 0 Å². The van der Waals surface area contributed by atoms with Crippen molar-refractivity contribution in [3.05, 3.63) is 32.5 Å². The smallest absolute Gasteiger partial charge is 0.328 e. The third kappa shape index (κ3) is 2.60. The summed E-state index contributed by atoms with van der Waals surface area (Å²) in [6, 6.07) is 1.57. The average molecular weight is 347 g/mol. The van der Waals surface area contributed by atoms with Crippen LogP contribution >= 0.6 is 15.9 Å². The lowest BCUT2D eigenvalue weighted by Crippen LogP contribution is -2.37. The molecule has 0 spiro atoms. The summed E-state index contributed by atoms with van der Waals surface area (Å²) in [7, 11) is 1.26. The molecule has 1 aliphatic rings. The molecule has 0 aromatic heterocycles. The number of rotatable bonds is 3. The van der Waals surface area contributed by atoms with Gasteiger partial charge >= 0.3 is 5.97 Å². The number of carbonyl (C=O) groups excluding carboxylic acids is 1. The maximum Gasteiger partial charge on any atom is 0.328 e. The average Bonchev–Trinajstić information content (AvgIpc) is 2.89. The minimum atomic E-state index is -0.612. The predicted octanol–water partition coefficient (Wildman–Crippen LogP) is 2.64. The Kier molecular flexibility index (Phi) is 4.22. The largest absolute Gasteiger partial charge is 0.467 e. The van der Waals surface area contributed by atoms with Crippen molar-refractivity contribution in [3.8, 4) is 0 Å². The Morgan fingerprint density at radius 1 is 1.60 bits per heavy atom. The van der Waals surface area contributed by atoms with E-state index in [0.29, 0.717) is 19.4 Å². The lowest BCUT2D eigenvalue weighted by atomic mass is 10.2. The number of halogens is 2. The van der Waals surface area contributed by atoms with Crippen LogP contribution in [0.2, 0.25) is 0 Å². The number of carbonyl (C=O) groups is 1. The number of nitro benzene ring substituents is 1. The molecule has 1 atom stereocenters. The molecule has 0 aliphatic carbocycles. The van der Waals surface area contributed by atoms with Crippen molar-refractivity contribution in [3.63, 3.8) is 0 Å². The topological polar surface area (TPSA) is 72.7 Å². The van der Waals surface area contributed by atoms with E-state index in [9.17, 15) is 19.3 Å². The van der Waals surface area contributed by atoms with E-state index in [1.807, 2.05) is 0 Å². The molecule has 1 unspecified atom stereocenters. The van der Waals surface area contributed by atoms with Gasteiger partial charge in [-0.2, -0.15) is 0 Å². The Labute approximate surface area is 122 Å². The highest BCUT2D eigenvalue weighted by molar-refractivity contribution is 9.10. The number of anilines is 1. The number of hydrogen-bond donors (Lipinski definition) is 0. The summed E-state index contributed by atoms with van der Waals surface area (Å²) >= 11 is 2.93. The Morgan fingerprint density at radius 2 is 2.30 bits per heavy atom. The number of ether oxygens (including phenoxy) is 1. The summed E-state index contributed by atoms with van der Waals surface area (Å²) in [4.78, 5) is 23.7. The van der Waals surface area contributed by atoms with Gasteiger partial charge in [0.1, 0.15) is 17.5 Å². The molecule has 0 bridgehead atoms. The van der Waals surface area contributed by atoms with Crippen LogP contribution in [0.15, 0.2) is 16.6 Å². The van der Waals surface area contributed by atoms with Crippen molar-refractivity contribution in [2.24, 2.45) is 0 Å². The van der Waals surface area contributed by atoms with Crippen LogP contribution in [0, 0.1) is 15.9 Å². The Morgan fingerprint density at radius 3 is 2.90 bits per heavy atom. The quantitative estimate of drug-likeness (QED) is 0.478. The van der Waals surface area contributed by atoms with Crippen molar-refractivity contribution in [2.75, 3.05) is 18.6 Å². The first-order valence-corrected chi connectivity index (χ1v) is 6.73. The van der Waals surface area contributed by atoms with E-state index in [4.69, 9.17) is 0 Å². The molecule has 20 heavy (non-hydrogen) atoms. The van der Waals surface area contributed by atoms with E-state index in [0.717, 1.165) is 12.1 Å². The fourth-order valence-electron chi connectivity index (χ4n) is 2.34. The summed E-state index contributed by atoms with van der Waals surface area (Å²) in [5.74, 6) is -1.08. The zero-order valence-electron chi connectivity index (χ0n) is 10.6. The van der Waals surface area contributed by atoms with E-state index in [1.54, 1.807) is 0 Å². The van der Waals surface area contributed by atoms with Crippen LogP contribution in [0.1, 0.15) is 12.8 Å². The number of hydrogen-bond acceptors (Lipinski definition) is 5. The standard InChI is InChI=1S/C12H12BrFN2O4/c1-20-12(17)9-3-2-4-15(9)10-6-8(14)7(13)5-11(10)16(18)19/h5-6,9H,2-4H2,1H3. The maximum absolute atomic E-state index is 13.7. The summed E-state index contributed by atoms with van der Waals surface area (Å²) in [5.41, 5.74) is -0.141. The fourth-order valence-corrected chi connectivity index (χ4v) is 2.67. The first-order chi connectivity index (χ1) is 9.45. The van der Waals surface area contributed by atoms with Gasteiger partial charge in [0.2, 0.25) is 0 Å². The molecule has 1 heterocycles. The van der Waals surface area contributed by atoms with Crippen molar-refractivity contribution in [1.82, 2.24) is 0 Å². The van der Waals surface area contributed by atoms with Gasteiger partial charge in [-0.05, 0) is 28.8 Å². The highest BCUT2D eigenvalue weighted by atomic mass is 79.9. The molecule has 2 rings (SSSR count). The monoisotopic (exact) mass is 346 g/mol. The summed E-state index contributed by atoms with van der Waals surface area (Å²) in [6.45, 7) is 0.446. The zero-order chi connectivity index (χ0) is 14.9. The molecular formula is C12H12BrFN2O4. The van der Waals surface area contributed by atoms with Crippen LogP contribution in [-0.4, -0.2) is 30.6 Å². The van der Waals surface area contributed by atoms with Crippen molar-refractivity contribution < 1.29 is 18.8 Å². The molecule has 0 amide bonds. The number of esters is 1. The number of nitro groups is 1. The number of nitrogens with zero attached hydrogens (tertiary/aromatic N) is 2. The van der Waals surface area contributed by atoms with E-state index in [-0.39, 0.29) is 15.8 Å². The first-order valence-electron chi connectivity index (χ1n) is 5.93. The van der Waals surface area contributed by atoms with Gasteiger partial charge in [0.25, 0.3) is 5.69 Å². The molecule has 6 nitrogen and oxygen atoms in total. The van der Waals surface area contributed by atoms with Crippen molar-refractivity contribution >= 4 is 33.3 Å². The van der Waals surface area contributed by atoms with Gasteiger partial charge in [-0.1, -0.05) is 0 Å².